The Balaban J connectivity index is 1.89. The van der Waals surface area contributed by atoms with E-state index in [2.05, 4.69) is 31.6 Å². The minimum Gasteiger partial charge on any atom is -0.354 e. The van der Waals surface area contributed by atoms with Gasteiger partial charge in [0.05, 0.1) is 0 Å². The maximum atomic E-state index is 12.1. The number of rotatable bonds is 5. The third-order valence-corrected chi connectivity index (χ3v) is 6.89. The highest BCUT2D eigenvalue weighted by atomic mass is 79.9. The van der Waals surface area contributed by atoms with Gasteiger partial charge in [0.15, 0.2) is 5.96 Å². The normalized spacial score (nSPS) is 22.9. The molecule has 0 amide bonds. The van der Waals surface area contributed by atoms with Crippen molar-refractivity contribution in [1.82, 2.24) is 10.6 Å². The van der Waals surface area contributed by atoms with Gasteiger partial charge in [-0.15, -0.1) is 0 Å². The van der Waals surface area contributed by atoms with Crippen molar-refractivity contribution in [3.8, 4) is 0 Å². The van der Waals surface area contributed by atoms with E-state index in [4.69, 9.17) is 11.6 Å². The van der Waals surface area contributed by atoms with Crippen LogP contribution in [-0.2, 0) is 17.3 Å². The third-order valence-electron chi connectivity index (χ3n) is 4.31. The smallest absolute Gasteiger partial charge is 0.191 e. The lowest BCUT2D eigenvalue weighted by molar-refractivity contribution is 0.413. The first kappa shape index (κ1) is 19.7. The monoisotopic (exact) mass is 433 g/mol. The van der Waals surface area contributed by atoms with Gasteiger partial charge in [-0.2, -0.15) is 0 Å². The number of hydrogen-bond acceptors (Lipinski definition) is 2. The fourth-order valence-electron chi connectivity index (χ4n) is 2.98. The molecule has 1 aliphatic rings. The van der Waals surface area contributed by atoms with Crippen LogP contribution in [0.3, 0.4) is 0 Å². The minimum atomic E-state index is -0.712. The molecule has 2 N–H and O–H groups in total. The largest absolute Gasteiger partial charge is 0.354 e. The van der Waals surface area contributed by atoms with Gasteiger partial charge in [0.2, 0.25) is 0 Å². The maximum Gasteiger partial charge on any atom is 0.191 e. The molecule has 1 aromatic carbocycles. The Morgan fingerprint density at radius 1 is 1.46 bits per heavy atom. The first-order valence-corrected chi connectivity index (χ1v) is 10.9. The number of hydrogen-bond donors (Lipinski definition) is 2. The van der Waals surface area contributed by atoms with Gasteiger partial charge in [0, 0.05) is 50.9 Å². The molecule has 0 heterocycles. The van der Waals surface area contributed by atoms with E-state index in [1.54, 1.807) is 7.05 Å². The van der Waals surface area contributed by atoms with E-state index >= 15 is 0 Å². The maximum absolute atomic E-state index is 12.1. The van der Waals surface area contributed by atoms with Crippen molar-refractivity contribution >= 4 is 44.3 Å². The summed E-state index contributed by atoms with van der Waals surface area (Å²) in [5.41, 5.74) is 1.02. The summed E-state index contributed by atoms with van der Waals surface area (Å²) in [5, 5.41) is 7.81. The van der Waals surface area contributed by atoms with E-state index < -0.39 is 10.8 Å². The molecule has 1 saturated carbocycles. The summed E-state index contributed by atoms with van der Waals surface area (Å²) >= 11 is 9.67. The summed E-state index contributed by atoms with van der Waals surface area (Å²) in [4.78, 5) is 4.30. The fourth-order valence-corrected chi connectivity index (χ4v) is 5.07. The molecule has 1 aromatic rings. The van der Waals surface area contributed by atoms with Crippen LogP contribution in [-0.4, -0.2) is 34.3 Å². The van der Waals surface area contributed by atoms with Gasteiger partial charge in [-0.25, -0.2) is 0 Å². The third kappa shape index (κ3) is 5.74. The molecule has 7 heteroatoms. The number of guanidine groups is 1. The van der Waals surface area contributed by atoms with E-state index in [9.17, 15) is 4.21 Å². The summed E-state index contributed by atoms with van der Waals surface area (Å²) < 4.78 is 13.0. The van der Waals surface area contributed by atoms with Crippen molar-refractivity contribution < 1.29 is 4.21 Å². The first-order valence-electron chi connectivity index (χ1n) is 8.31. The zero-order valence-electron chi connectivity index (χ0n) is 14.1. The van der Waals surface area contributed by atoms with Crippen molar-refractivity contribution in [2.75, 3.05) is 12.8 Å². The molecule has 0 aliphatic heterocycles. The summed E-state index contributed by atoms with van der Waals surface area (Å²) in [7, 11) is 1.06. The molecule has 134 valence electrons. The van der Waals surface area contributed by atoms with Crippen LogP contribution in [0.15, 0.2) is 27.7 Å². The second kappa shape index (κ2) is 9.78. The molecular weight excluding hydrogens is 410 g/mol. The molecule has 0 aromatic heterocycles. The second-order valence-electron chi connectivity index (χ2n) is 5.96. The molecular formula is C17H25BrClN3OS. The summed E-state index contributed by atoms with van der Waals surface area (Å²) in [5.74, 6) is 1.51. The highest BCUT2D eigenvalue weighted by Crippen LogP contribution is 2.23. The predicted octanol–water partition coefficient (Wildman–Crippen LogP) is 3.85. The van der Waals surface area contributed by atoms with Crippen LogP contribution < -0.4 is 10.6 Å². The van der Waals surface area contributed by atoms with Crippen LogP contribution in [0.25, 0.3) is 0 Å². The first-order chi connectivity index (χ1) is 11.5. The number of nitrogens with zero attached hydrogens (tertiary/aromatic N) is 1. The van der Waals surface area contributed by atoms with Crippen LogP contribution in [0.5, 0.6) is 0 Å². The van der Waals surface area contributed by atoms with Crippen molar-refractivity contribution in [2.24, 2.45) is 4.99 Å². The van der Waals surface area contributed by atoms with Crippen molar-refractivity contribution in [3.05, 3.63) is 33.3 Å². The molecule has 1 aliphatic carbocycles. The molecule has 3 atom stereocenters. The average Bonchev–Trinajstić information content (AvgIpc) is 2.59. The lowest BCUT2D eigenvalue weighted by atomic mass is 9.95. The van der Waals surface area contributed by atoms with Crippen molar-refractivity contribution in [1.29, 1.82) is 0 Å². The summed E-state index contributed by atoms with van der Waals surface area (Å²) in [6, 6.07) is 6.19. The van der Waals surface area contributed by atoms with Gasteiger partial charge in [-0.05, 0) is 37.0 Å². The molecule has 0 bridgehead atoms. The minimum absolute atomic E-state index is 0.306. The Labute approximate surface area is 160 Å². The molecule has 0 radical (unpaired) electrons. The molecule has 24 heavy (non-hydrogen) atoms. The van der Waals surface area contributed by atoms with E-state index in [1.165, 1.54) is 0 Å². The molecule has 0 spiro atoms. The van der Waals surface area contributed by atoms with E-state index in [-0.39, 0.29) is 0 Å². The molecule has 2 rings (SSSR count). The SMILES string of the molecule is CCS(=O)C1CCCC(NC(=NC)NCc2ccc(Br)cc2Cl)C1. The van der Waals surface area contributed by atoms with E-state index in [1.807, 2.05) is 25.1 Å². The summed E-state index contributed by atoms with van der Waals surface area (Å²) in [6.45, 7) is 2.61. The zero-order chi connectivity index (χ0) is 17.5. The average molecular weight is 435 g/mol. The van der Waals surface area contributed by atoms with Gasteiger partial charge in [0.25, 0.3) is 0 Å². The van der Waals surface area contributed by atoms with Crippen LogP contribution in [0.2, 0.25) is 5.02 Å². The second-order valence-corrected chi connectivity index (χ2v) is 9.29. The van der Waals surface area contributed by atoms with Crippen LogP contribution in [0.4, 0.5) is 0 Å². The highest BCUT2D eigenvalue weighted by Gasteiger charge is 2.26. The zero-order valence-corrected chi connectivity index (χ0v) is 17.3. The Kier molecular flexibility index (Phi) is 8.04. The van der Waals surface area contributed by atoms with Gasteiger partial charge < -0.3 is 10.6 Å². The van der Waals surface area contributed by atoms with E-state index in [0.29, 0.717) is 17.8 Å². The number of aliphatic imine (C=N–C) groups is 1. The molecule has 0 saturated heterocycles. The molecule has 3 unspecified atom stereocenters. The van der Waals surface area contributed by atoms with Gasteiger partial charge >= 0.3 is 0 Å². The quantitative estimate of drug-likeness (QED) is 0.547. The Hall–Kier alpha value is -0.590. The van der Waals surface area contributed by atoms with Gasteiger partial charge in [-0.1, -0.05) is 46.9 Å². The number of halogens is 2. The lowest BCUT2D eigenvalue weighted by Crippen LogP contribution is -2.46. The van der Waals surface area contributed by atoms with Gasteiger partial charge in [0.1, 0.15) is 0 Å². The van der Waals surface area contributed by atoms with Crippen LogP contribution >= 0.6 is 27.5 Å². The standard InChI is InChI=1S/C17H25BrClN3OS/c1-3-24(23)15-6-4-5-14(10-15)22-17(20-2)21-11-12-7-8-13(18)9-16(12)19/h7-9,14-15H,3-6,10-11H2,1-2H3,(H2,20,21,22). The number of benzene rings is 1. The van der Waals surface area contributed by atoms with Crippen LogP contribution in [0.1, 0.15) is 38.2 Å². The van der Waals surface area contributed by atoms with E-state index in [0.717, 1.165) is 52.5 Å². The Bertz CT molecular complexity index is 611. The van der Waals surface area contributed by atoms with Gasteiger partial charge in [-0.3, -0.25) is 9.20 Å². The highest BCUT2D eigenvalue weighted by molar-refractivity contribution is 9.10. The van der Waals surface area contributed by atoms with Crippen molar-refractivity contribution in [3.63, 3.8) is 0 Å². The Morgan fingerprint density at radius 2 is 2.25 bits per heavy atom. The lowest BCUT2D eigenvalue weighted by Gasteiger charge is -2.30. The predicted molar refractivity (Wildman–Crippen MR) is 107 cm³/mol. The van der Waals surface area contributed by atoms with Crippen molar-refractivity contribution in [2.45, 2.75) is 50.4 Å². The topological polar surface area (TPSA) is 53.5 Å². The number of nitrogens with one attached hydrogen (secondary N) is 2. The summed E-state index contributed by atoms with van der Waals surface area (Å²) in [6.07, 6.45) is 4.22. The fraction of sp³-hybridized carbons (Fsp3) is 0.588. The molecule has 1 fully saturated rings. The molecule has 4 nitrogen and oxygen atoms in total. The Morgan fingerprint density at radius 3 is 2.92 bits per heavy atom. The van der Waals surface area contributed by atoms with Crippen LogP contribution in [0, 0.1) is 0 Å².